The summed E-state index contributed by atoms with van der Waals surface area (Å²) in [6, 6.07) is 35.9. The number of pyridine rings is 2. The molecule has 1 radical (unpaired) electrons. The summed E-state index contributed by atoms with van der Waals surface area (Å²) in [5.74, 6) is -0.729. The van der Waals surface area contributed by atoms with Crippen LogP contribution in [0.25, 0.3) is 55.6 Å². The summed E-state index contributed by atoms with van der Waals surface area (Å²) in [7, 11) is -1.23. The fourth-order valence-electron chi connectivity index (χ4n) is 5.62. The smallest absolute Gasteiger partial charge is 0.126 e. The van der Waals surface area contributed by atoms with Gasteiger partial charge in [0.25, 0.3) is 0 Å². The number of nitrogens with zero attached hydrogens (tertiary/aromatic N) is 2. The molecular formula is C41H36F2IrN2OSi-2. The third-order valence-corrected chi connectivity index (χ3v) is 9.96. The molecule has 3 heterocycles. The minimum absolute atomic E-state index is 0. The van der Waals surface area contributed by atoms with Crippen LogP contribution in [0.4, 0.5) is 8.78 Å². The Hall–Kier alpha value is -4.29. The van der Waals surface area contributed by atoms with Crippen molar-refractivity contribution < 1.29 is 33.3 Å². The van der Waals surface area contributed by atoms with E-state index in [1.54, 1.807) is 6.20 Å². The molecule has 0 atom stereocenters. The summed E-state index contributed by atoms with van der Waals surface area (Å²) >= 11 is 0. The van der Waals surface area contributed by atoms with E-state index in [1.165, 1.54) is 22.9 Å². The van der Waals surface area contributed by atoms with E-state index in [0.717, 1.165) is 45.8 Å². The third-order valence-electron chi connectivity index (χ3n) is 7.93. The summed E-state index contributed by atoms with van der Waals surface area (Å²) < 4.78 is 34.2. The van der Waals surface area contributed by atoms with Gasteiger partial charge in [0.2, 0.25) is 0 Å². The average Bonchev–Trinajstić information content (AvgIpc) is 3.43. The fraction of sp³-hybridized carbons (Fsp3) is 0.171. The predicted molar refractivity (Wildman–Crippen MR) is 191 cm³/mol. The van der Waals surface area contributed by atoms with Gasteiger partial charge < -0.3 is 14.4 Å². The Labute approximate surface area is 295 Å². The van der Waals surface area contributed by atoms with Crippen molar-refractivity contribution in [1.29, 1.82) is 0 Å². The maximum atomic E-state index is 14.1. The number of rotatable bonds is 6. The Morgan fingerprint density at radius 3 is 2.21 bits per heavy atom. The molecule has 0 aliphatic heterocycles. The first-order chi connectivity index (χ1) is 22.5. The zero-order valence-electron chi connectivity index (χ0n) is 27.6. The van der Waals surface area contributed by atoms with E-state index < -0.39 is 19.7 Å². The number of furan rings is 1. The van der Waals surface area contributed by atoms with Gasteiger partial charge in [0, 0.05) is 38.6 Å². The predicted octanol–water partition coefficient (Wildman–Crippen LogP) is 10.7. The molecule has 7 rings (SSSR count). The SMILES string of the molecule is CC(C)Cc1ccnc(-c2[c-]c3oc4ccccc4c3c(-c3cc(F)cc(F)c3)c2)c1.C[Si](C)(C)c1ccc(-c2[c-]cccc2)nc1.[Ir]. The van der Waals surface area contributed by atoms with Crippen LogP contribution in [-0.4, -0.2) is 18.0 Å². The van der Waals surface area contributed by atoms with E-state index in [1.807, 2.05) is 72.9 Å². The van der Waals surface area contributed by atoms with Crippen molar-refractivity contribution >= 4 is 35.2 Å². The second kappa shape index (κ2) is 14.9. The maximum Gasteiger partial charge on any atom is 0.126 e. The third kappa shape index (κ3) is 8.04. The van der Waals surface area contributed by atoms with E-state index >= 15 is 0 Å². The quantitative estimate of drug-likeness (QED) is 0.124. The molecule has 0 saturated carbocycles. The van der Waals surface area contributed by atoms with E-state index in [2.05, 4.69) is 67.7 Å². The van der Waals surface area contributed by atoms with E-state index in [4.69, 9.17) is 4.42 Å². The molecule has 0 saturated heterocycles. The molecule has 0 unspecified atom stereocenters. The van der Waals surface area contributed by atoms with Crippen LogP contribution in [0, 0.1) is 29.7 Å². The van der Waals surface area contributed by atoms with Gasteiger partial charge in [-0.3, -0.25) is 0 Å². The molecule has 48 heavy (non-hydrogen) atoms. The van der Waals surface area contributed by atoms with Crippen molar-refractivity contribution in [2.75, 3.05) is 0 Å². The Kier molecular flexibility index (Phi) is 10.8. The monoisotopic (exact) mass is 831 g/mol. The van der Waals surface area contributed by atoms with Gasteiger partial charge in [0.15, 0.2) is 0 Å². The topological polar surface area (TPSA) is 38.9 Å². The second-order valence-corrected chi connectivity index (χ2v) is 18.2. The molecule has 0 fully saturated rings. The van der Waals surface area contributed by atoms with Crippen LogP contribution in [0.5, 0.6) is 0 Å². The van der Waals surface area contributed by atoms with Gasteiger partial charge in [-0.25, -0.2) is 8.78 Å². The molecular weight excluding hydrogens is 795 g/mol. The number of hydrogen-bond donors (Lipinski definition) is 0. The first-order valence-electron chi connectivity index (χ1n) is 15.8. The van der Waals surface area contributed by atoms with E-state index in [0.29, 0.717) is 28.2 Å². The molecule has 0 spiro atoms. The summed E-state index contributed by atoms with van der Waals surface area (Å²) in [5, 5.41) is 3.05. The van der Waals surface area contributed by atoms with E-state index in [-0.39, 0.29) is 20.1 Å². The van der Waals surface area contributed by atoms with Crippen LogP contribution in [0.2, 0.25) is 19.6 Å². The first-order valence-corrected chi connectivity index (χ1v) is 19.3. The molecule has 7 heteroatoms. The molecule has 0 N–H and O–H groups in total. The van der Waals surface area contributed by atoms with Crippen LogP contribution >= 0.6 is 0 Å². The molecule has 3 nitrogen and oxygen atoms in total. The number of halogens is 2. The molecule has 0 aliphatic carbocycles. The molecule has 0 amide bonds. The molecule has 245 valence electrons. The molecule has 3 aromatic heterocycles. The van der Waals surface area contributed by atoms with Crippen LogP contribution in [-0.2, 0) is 26.5 Å². The van der Waals surface area contributed by atoms with Crippen molar-refractivity contribution in [3.05, 3.63) is 139 Å². The largest absolute Gasteiger partial charge is 0.477 e. The minimum Gasteiger partial charge on any atom is -0.477 e. The van der Waals surface area contributed by atoms with Gasteiger partial charge in [-0.05, 0) is 69.5 Å². The summed E-state index contributed by atoms with van der Waals surface area (Å²) in [6.45, 7) is 11.3. The zero-order chi connectivity index (χ0) is 33.1. The van der Waals surface area contributed by atoms with Crippen molar-refractivity contribution in [2.45, 2.75) is 39.9 Å². The molecule has 0 bridgehead atoms. The normalized spacial score (nSPS) is 11.3. The number of para-hydroxylation sites is 1. The standard InChI is InChI=1S/C27H20F2NO.C14H16NSi.Ir/c1-16(2)9-17-7-8-30-24(10-17)19-13-23(18-11-20(28)15-21(29)12-18)27-22-5-3-4-6-25(22)31-26(27)14-19;1-16(2,3)13-9-10-14(15-11-13)12-7-5-4-6-8-12;/h3-8,10-13,15-16H,9H2,1-2H3;4-7,9-11H,1-3H3;/q2*-1;. The summed E-state index contributed by atoms with van der Waals surface area (Å²) in [6.07, 6.45) is 4.73. The Balaban J connectivity index is 0.000000224. The minimum atomic E-state index is -1.23. The molecule has 7 aromatic rings. The van der Waals surface area contributed by atoms with Gasteiger partial charge in [-0.1, -0.05) is 87.1 Å². The zero-order valence-corrected chi connectivity index (χ0v) is 31.0. The fourth-order valence-corrected chi connectivity index (χ4v) is 6.66. The van der Waals surface area contributed by atoms with Crippen LogP contribution in [0.3, 0.4) is 0 Å². The molecule has 4 aromatic carbocycles. The van der Waals surface area contributed by atoms with Gasteiger partial charge in [-0.2, -0.15) is 0 Å². The number of hydrogen-bond acceptors (Lipinski definition) is 3. The maximum absolute atomic E-state index is 14.1. The summed E-state index contributed by atoms with van der Waals surface area (Å²) in [5.41, 5.74) is 7.07. The first kappa shape index (κ1) is 35.0. The number of aromatic nitrogens is 2. The second-order valence-electron chi connectivity index (χ2n) is 13.2. The Morgan fingerprint density at radius 1 is 0.792 bits per heavy atom. The van der Waals surface area contributed by atoms with E-state index in [9.17, 15) is 8.78 Å². The average molecular weight is 831 g/mol. The van der Waals surface area contributed by atoms with Gasteiger partial charge >= 0.3 is 0 Å². The van der Waals surface area contributed by atoms with Gasteiger partial charge in [-0.15, -0.1) is 47.5 Å². The van der Waals surface area contributed by atoms with Crippen molar-refractivity contribution in [3.8, 4) is 33.6 Å². The van der Waals surface area contributed by atoms with Crippen molar-refractivity contribution in [3.63, 3.8) is 0 Å². The van der Waals surface area contributed by atoms with Crippen LogP contribution < -0.4 is 5.19 Å². The molecule has 0 aliphatic rings. The van der Waals surface area contributed by atoms with Gasteiger partial charge in [0.05, 0.1) is 13.7 Å². The Bertz CT molecular complexity index is 2140. The van der Waals surface area contributed by atoms with Crippen molar-refractivity contribution in [1.82, 2.24) is 9.97 Å². The number of benzene rings is 4. The van der Waals surface area contributed by atoms with Gasteiger partial charge in [0.1, 0.15) is 17.2 Å². The Morgan fingerprint density at radius 2 is 1.54 bits per heavy atom. The number of fused-ring (bicyclic) bond motifs is 3. The summed E-state index contributed by atoms with van der Waals surface area (Å²) in [4.78, 5) is 9.05. The van der Waals surface area contributed by atoms with Crippen molar-refractivity contribution in [2.24, 2.45) is 5.92 Å². The van der Waals surface area contributed by atoms with Crippen LogP contribution in [0.15, 0.2) is 114 Å². The van der Waals surface area contributed by atoms with Crippen LogP contribution in [0.1, 0.15) is 19.4 Å².